The second kappa shape index (κ2) is 9.20. The van der Waals surface area contributed by atoms with E-state index in [9.17, 15) is 4.79 Å². The van der Waals surface area contributed by atoms with Crippen molar-refractivity contribution in [3.63, 3.8) is 0 Å². The molecule has 1 aromatic heterocycles. The zero-order valence-electron chi connectivity index (χ0n) is 15.6. The Labute approximate surface area is 181 Å². The molecule has 29 heavy (non-hydrogen) atoms. The molecular weight excluding hydrogens is 448 g/mol. The molecule has 0 saturated heterocycles. The predicted molar refractivity (Wildman–Crippen MR) is 122 cm³/mol. The van der Waals surface area contributed by atoms with Crippen LogP contribution >= 0.6 is 27.3 Å². The number of hydrogen-bond acceptors (Lipinski definition) is 4. The van der Waals surface area contributed by atoms with Gasteiger partial charge < -0.3 is 4.74 Å². The zero-order valence-corrected chi connectivity index (χ0v) is 18.0. The summed E-state index contributed by atoms with van der Waals surface area (Å²) in [7, 11) is 0. The fourth-order valence-electron chi connectivity index (χ4n) is 2.94. The van der Waals surface area contributed by atoms with Crippen LogP contribution in [-0.4, -0.2) is 17.5 Å². The van der Waals surface area contributed by atoms with Crippen LogP contribution in [0, 0.1) is 0 Å². The summed E-state index contributed by atoms with van der Waals surface area (Å²) in [5, 5.41) is 0.701. The minimum absolute atomic E-state index is 0.0112. The Hall–Kier alpha value is -2.70. The fraction of sp³-hybridized carbons (Fsp3) is 0.130. The van der Waals surface area contributed by atoms with Gasteiger partial charge in [-0.3, -0.25) is 9.69 Å². The summed E-state index contributed by atoms with van der Waals surface area (Å²) in [6, 6.07) is 25.5. The summed E-state index contributed by atoms with van der Waals surface area (Å²) < 4.78 is 7.76. The molecule has 4 aromatic rings. The van der Waals surface area contributed by atoms with Crippen LogP contribution < -0.4 is 9.64 Å². The number of ether oxygens (including phenoxy) is 1. The van der Waals surface area contributed by atoms with Crippen molar-refractivity contribution in [3.05, 3.63) is 88.9 Å². The topological polar surface area (TPSA) is 42.4 Å². The third kappa shape index (κ3) is 5.02. The van der Waals surface area contributed by atoms with Crippen molar-refractivity contribution in [3.8, 4) is 5.75 Å². The highest BCUT2D eigenvalue weighted by atomic mass is 79.9. The van der Waals surface area contributed by atoms with Gasteiger partial charge in [-0.15, -0.1) is 0 Å². The van der Waals surface area contributed by atoms with E-state index in [0.29, 0.717) is 18.3 Å². The third-order valence-corrected chi connectivity index (χ3v) is 5.92. The molecule has 0 aliphatic heterocycles. The summed E-state index contributed by atoms with van der Waals surface area (Å²) in [4.78, 5) is 19.5. The average molecular weight is 467 g/mol. The zero-order chi connectivity index (χ0) is 20.1. The van der Waals surface area contributed by atoms with Crippen LogP contribution in [0.15, 0.2) is 83.3 Å². The number of para-hydroxylation sites is 1. The highest BCUT2D eigenvalue weighted by Crippen LogP contribution is 2.32. The normalized spacial score (nSPS) is 10.8. The maximum absolute atomic E-state index is 13.1. The van der Waals surface area contributed by atoms with Crippen LogP contribution in [0.1, 0.15) is 12.0 Å². The predicted octanol–water partition coefficient (Wildman–Crippen LogP) is 6.06. The molecule has 0 fully saturated rings. The maximum atomic E-state index is 13.1. The van der Waals surface area contributed by atoms with Gasteiger partial charge >= 0.3 is 0 Å². The van der Waals surface area contributed by atoms with Crippen molar-refractivity contribution in [1.82, 2.24) is 4.98 Å². The van der Waals surface area contributed by atoms with E-state index < -0.39 is 0 Å². The van der Waals surface area contributed by atoms with Crippen LogP contribution in [-0.2, 0) is 11.3 Å². The van der Waals surface area contributed by atoms with Crippen LogP contribution in [0.3, 0.4) is 0 Å². The van der Waals surface area contributed by atoms with Gasteiger partial charge in [-0.05, 0) is 35.9 Å². The van der Waals surface area contributed by atoms with E-state index >= 15 is 0 Å². The van der Waals surface area contributed by atoms with E-state index in [4.69, 9.17) is 9.72 Å². The third-order valence-electron chi connectivity index (χ3n) is 4.38. The summed E-state index contributed by atoms with van der Waals surface area (Å²) in [5.41, 5.74) is 1.95. The monoisotopic (exact) mass is 466 g/mol. The Bertz CT molecular complexity index is 1100. The summed E-state index contributed by atoms with van der Waals surface area (Å²) in [6.07, 6.45) is 0.279. The van der Waals surface area contributed by atoms with E-state index in [1.807, 2.05) is 78.9 Å². The first-order chi connectivity index (χ1) is 14.2. The van der Waals surface area contributed by atoms with Gasteiger partial charge in [0.25, 0.3) is 0 Å². The van der Waals surface area contributed by atoms with Crippen molar-refractivity contribution in [1.29, 1.82) is 0 Å². The molecule has 0 saturated carbocycles. The largest absolute Gasteiger partial charge is 0.493 e. The summed E-state index contributed by atoms with van der Waals surface area (Å²) in [6.45, 7) is 0.802. The van der Waals surface area contributed by atoms with Crippen molar-refractivity contribution >= 4 is 48.5 Å². The van der Waals surface area contributed by atoms with E-state index in [2.05, 4.69) is 15.9 Å². The van der Waals surface area contributed by atoms with Gasteiger partial charge in [0.2, 0.25) is 5.91 Å². The van der Waals surface area contributed by atoms with Gasteiger partial charge in [-0.25, -0.2) is 4.98 Å². The van der Waals surface area contributed by atoms with Crippen LogP contribution in [0.4, 0.5) is 5.13 Å². The lowest BCUT2D eigenvalue weighted by Gasteiger charge is -2.20. The van der Waals surface area contributed by atoms with Gasteiger partial charge in [-0.2, -0.15) is 0 Å². The number of hydrogen-bond donors (Lipinski definition) is 0. The molecule has 0 aliphatic carbocycles. The number of rotatable bonds is 7. The molecule has 0 spiro atoms. The second-order valence-electron chi connectivity index (χ2n) is 6.49. The lowest BCUT2D eigenvalue weighted by molar-refractivity contribution is -0.119. The fourth-order valence-corrected chi connectivity index (χ4v) is 4.47. The van der Waals surface area contributed by atoms with Crippen molar-refractivity contribution in [2.24, 2.45) is 0 Å². The Morgan fingerprint density at radius 2 is 1.72 bits per heavy atom. The van der Waals surface area contributed by atoms with Crippen LogP contribution in [0.25, 0.3) is 10.2 Å². The Balaban J connectivity index is 1.54. The number of carbonyl (C=O) groups excluding carboxylic acids is 1. The minimum atomic E-state index is -0.0112. The van der Waals surface area contributed by atoms with Crippen molar-refractivity contribution in [2.45, 2.75) is 13.0 Å². The highest BCUT2D eigenvalue weighted by molar-refractivity contribution is 9.10. The van der Waals surface area contributed by atoms with Gasteiger partial charge in [0, 0.05) is 4.47 Å². The van der Waals surface area contributed by atoms with E-state index in [-0.39, 0.29) is 12.3 Å². The van der Waals surface area contributed by atoms with Gasteiger partial charge in [0.05, 0.1) is 29.8 Å². The smallest absolute Gasteiger partial charge is 0.232 e. The molecule has 1 amide bonds. The number of thiazole rings is 1. The number of benzene rings is 3. The van der Waals surface area contributed by atoms with Crippen LogP contribution in [0.5, 0.6) is 5.75 Å². The lowest BCUT2D eigenvalue weighted by Crippen LogP contribution is -2.31. The van der Waals surface area contributed by atoms with Gasteiger partial charge in [-0.1, -0.05) is 75.8 Å². The number of aromatic nitrogens is 1. The molecule has 0 aliphatic rings. The van der Waals surface area contributed by atoms with Crippen molar-refractivity contribution in [2.75, 3.05) is 11.5 Å². The van der Waals surface area contributed by atoms with E-state index in [1.54, 1.807) is 4.90 Å². The summed E-state index contributed by atoms with van der Waals surface area (Å²) in [5.74, 6) is 0.752. The minimum Gasteiger partial charge on any atom is -0.493 e. The average Bonchev–Trinajstić information content (AvgIpc) is 3.16. The second-order valence-corrected chi connectivity index (χ2v) is 8.41. The quantitative estimate of drug-likeness (QED) is 0.332. The first-order valence-electron chi connectivity index (χ1n) is 9.27. The molecule has 146 valence electrons. The summed E-state index contributed by atoms with van der Waals surface area (Å²) >= 11 is 5.02. The van der Waals surface area contributed by atoms with Gasteiger partial charge in [0.1, 0.15) is 5.75 Å². The molecule has 4 nitrogen and oxygen atoms in total. The maximum Gasteiger partial charge on any atom is 0.232 e. The first-order valence-corrected chi connectivity index (χ1v) is 10.9. The molecule has 4 rings (SSSR count). The first kappa shape index (κ1) is 19.6. The molecule has 0 atom stereocenters. The van der Waals surface area contributed by atoms with Crippen LogP contribution in [0.2, 0.25) is 0 Å². The number of fused-ring (bicyclic) bond motifs is 1. The molecule has 1 heterocycles. The molecule has 0 unspecified atom stereocenters. The Morgan fingerprint density at radius 3 is 2.48 bits per heavy atom. The molecular formula is C23H19BrN2O2S. The molecule has 0 N–H and O–H groups in total. The molecule has 6 heteroatoms. The Kier molecular flexibility index (Phi) is 6.22. The van der Waals surface area contributed by atoms with Crippen molar-refractivity contribution < 1.29 is 9.53 Å². The Morgan fingerprint density at radius 1 is 1.00 bits per heavy atom. The lowest BCUT2D eigenvalue weighted by atomic mass is 10.2. The highest BCUT2D eigenvalue weighted by Gasteiger charge is 2.20. The molecule has 0 radical (unpaired) electrons. The number of anilines is 1. The molecule has 0 bridgehead atoms. The SMILES string of the molecule is O=C(CCOc1ccccc1)N(Cc1ccccc1)c1nc2ccc(Br)cc2s1. The van der Waals surface area contributed by atoms with E-state index in [1.165, 1.54) is 11.3 Å². The number of amides is 1. The van der Waals surface area contributed by atoms with E-state index in [0.717, 1.165) is 26.0 Å². The standard InChI is InChI=1S/C23H19BrN2O2S/c24-18-11-12-20-21(15-18)29-23(25-20)26(16-17-7-3-1-4-8-17)22(27)13-14-28-19-9-5-2-6-10-19/h1-12,15H,13-14,16H2. The number of halogens is 1. The number of nitrogens with zero attached hydrogens (tertiary/aromatic N) is 2. The van der Waals surface area contributed by atoms with Gasteiger partial charge in [0.15, 0.2) is 5.13 Å². The number of carbonyl (C=O) groups is 1. The molecule has 3 aromatic carbocycles.